The van der Waals surface area contributed by atoms with Crippen molar-refractivity contribution in [1.29, 1.82) is 0 Å². The summed E-state index contributed by atoms with van der Waals surface area (Å²) in [5, 5.41) is 0. The largest absolute Gasteiger partial charge is 0.494 e. The smallest absolute Gasteiger partial charge is 0.343 e. The molecule has 2 aromatic carbocycles. The highest BCUT2D eigenvalue weighted by atomic mass is 16.5. The second kappa shape index (κ2) is 16.6. The van der Waals surface area contributed by atoms with Gasteiger partial charge in [0.15, 0.2) is 0 Å². The zero-order chi connectivity index (χ0) is 27.0. The lowest BCUT2D eigenvalue weighted by Gasteiger charge is -2.28. The van der Waals surface area contributed by atoms with E-state index in [1.165, 1.54) is 44.1 Å². The maximum atomic E-state index is 12.6. The van der Waals surface area contributed by atoms with Crippen LogP contribution in [0.4, 0.5) is 0 Å². The molecule has 1 fully saturated rings. The molecule has 0 atom stereocenters. The number of hydrogen-bond donors (Lipinski definition) is 0. The third kappa shape index (κ3) is 10.3. The Kier molecular flexibility index (Phi) is 12.9. The van der Waals surface area contributed by atoms with E-state index in [-0.39, 0.29) is 24.8 Å². The molecule has 0 aliphatic heterocycles. The molecule has 38 heavy (non-hydrogen) atoms. The number of aldehydes is 1. The van der Waals surface area contributed by atoms with E-state index in [1.807, 2.05) is 12.1 Å². The average molecular weight is 523 g/mol. The lowest BCUT2D eigenvalue weighted by molar-refractivity contribution is -0.144. The molecule has 206 valence electrons. The van der Waals surface area contributed by atoms with Crippen molar-refractivity contribution < 1.29 is 28.6 Å². The van der Waals surface area contributed by atoms with Crippen LogP contribution in [0.5, 0.6) is 11.5 Å². The number of unbranched alkanes of at least 4 members (excludes halogenated alkanes) is 3. The lowest BCUT2D eigenvalue weighted by Crippen LogP contribution is -2.13. The molecule has 6 heteroatoms. The van der Waals surface area contributed by atoms with Gasteiger partial charge in [0, 0.05) is 6.42 Å². The van der Waals surface area contributed by atoms with Crippen molar-refractivity contribution in [3.05, 3.63) is 59.7 Å². The third-order valence-electron chi connectivity index (χ3n) is 7.23. The van der Waals surface area contributed by atoms with Crippen LogP contribution in [0, 0.1) is 5.92 Å². The van der Waals surface area contributed by atoms with Crippen LogP contribution in [-0.2, 0) is 14.3 Å². The molecule has 0 radical (unpaired) electrons. The summed E-state index contributed by atoms with van der Waals surface area (Å²) in [7, 11) is 0. The predicted octanol–water partition coefficient (Wildman–Crippen LogP) is 7.44. The van der Waals surface area contributed by atoms with Gasteiger partial charge in [-0.3, -0.25) is 4.79 Å². The van der Waals surface area contributed by atoms with Crippen molar-refractivity contribution in [3.8, 4) is 11.5 Å². The Bertz CT molecular complexity index is 974. The first kappa shape index (κ1) is 29.4. The van der Waals surface area contributed by atoms with Gasteiger partial charge in [0.05, 0.1) is 25.2 Å². The van der Waals surface area contributed by atoms with Crippen LogP contribution in [-0.4, -0.2) is 31.4 Å². The van der Waals surface area contributed by atoms with Gasteiger partial charge in [-0.2, -0.15) is 0 Å². The van der Waals surface area contributed by atoms with E-state index in [4.69, 9.17) is 14.2 Å². The summed E-state index contributed by atoms with van der Waals surface area (Å²) >= 11 is 0. The van der Waals surface area contributed by atoms with Gasteiger partial charge < -0.3 is 19.0 Å². The number of ether oxygens (including phenoxy) is 3. The van der Waals surface area contributed by atoms with E-state index >= 15 is 0 Å². The molecule has 1 saturated carbocycles. The van der Waals surface area contributed by atoms with E-state index < -0.39 is 0 Å². The van der Waals surface area contributed by atoms with Gasteiger partial charge in [-0.15, -0.1) is 0 Å². The van der Waals surface area contributed by atoms with Gasteiger partial charge in [0.25, 0.3) is 0 Å². The van der Waals surface area contributed by atoms with Crippen LogP contribution in [0.2, 0.25) is 0 Å². The number of carbonyl (C=O) groups is 3. The first-order valence-corrected chi connectivity index (χ1v) is 14.2. The van der Waals surface area contributed by atoms with E-state index in [2.05, 4.69) is 19.1 Å². The fourth-order valence-electron chi connectivity index (χ4n) is 5.04. The second-order valence-corrected chi connectivity index (χ2v) is 10.2. The van der Waals surface area contributed by atoms with E-state index in [1.54, 1.807) is 24.3 Å². The predicted molar refractivity (Wildman–Crippen MR) is 148 cm³/mol. The number of benzene rings is 2. The third-order valence-corrected chi connectivity index (χ3v) is 7.23. The molecule has 3 rings (SSSR count). The van der Waals surface area contributed by atoms with Crippen molar-refractivity contribution in [2.75, 3.05) is 13.2 Å². The Balaban J connectivity index is 1.31. The minimum absolute atomic E-state index is 0.154. The molecule has 1 aliphatic carbocycles. The molecular weight excluding hydrogens is 480 g/mol. The molecule has 0 amide bonds. The average Bonchev–Trinajstić information content (AvgIpc) is 2.94. The molecule has 0 saturated heterocycles. The Morgan fingerprint density at radius 2 is 1.50 bits per heavy atom. The quantitative estimate of drug-likeness (QED) is 0.0986. The fourth-order valence-corrected chi connectivity index (χ4v) is 5.04. The van der Waals surface area contributed by atoms with Gasteiger partial charge in [0.1, 0.15) is 17.8 Å². The first-order chi connectivity index (χ1) is 18.6. The first-order valence-electron chi connectivity index (χ1n) is 14.2. The molecule has 0 spiro atoms. The fraction of sp³-hybridized carbons (Fsp3) is 0.531. The van der Waals surface area contributed by atoms with Crippen LogP contribution in [0.3, 0.4) is 0 Å². The molecule has 1 aliphatic rings. The highest BCUT2D eigenvalue weighted by molar-refractivity contribution is 5.91. The number of rotatable bonds is 16. The van der Waals surface area contributed by atoms with Crippen molar-refractivity contribution in [3.63, 3.8) is 0 Å². The van der Waals surface area contributed by atoms with Crippen LogP contribution < -0.4 is 9.47 Å². The van der Waals surface area contributed by atoms with Gasteiger partial charge in [0.2, 0.25) is 0 Å². The van der Waals surface area contributed by atoms with Crippen LogP contribution in [0.15, 0.2) is 48.5 Å². The summed E-state index contributed by atoms with van der Waals surface area (Å²) in [5.41, 5.74) is 1.83. The molecule has 0 bridgehead atoms. The molecule has 6 nitrogen and oxygen atoms in total. The minimum Gasteiger partial charge on any atom is -0.494 e. The summed E-state index contributed by atoms with van der Waals surface area (Å²) in [5.74, 6) is 2.09. The topological polar surface area (TPSA) is 78.9 Å². The molecular formula is C32H42O6. The summed E-state index contributed by atoms with van der Waals surface area (Å²) in [6, 6.07) is 15.0. The second-order valence-electron chi connectivity index (χ2n) is 10.2. The Labute approximate surface area is 227 Å². The zero-order valence-corrected chi connectivity index (χ0v) is 22.7. The normalized spacial score (nSPS) is 17.0. The lowest BCUT2D eigenvalue weighted by atomic mass is 9.77. The van der Waals surface area contributed by atoms with Gasteiger partial charge in [-0.25, -0.2) is 4.79 Å². The summed E-state index contributed by atoms with van der Waals surface area (Å²) in [6.45, 7) is 3.24. The summed E-state index contributed by atoms with van der Waals surface area (Å²) in [4.78, 5) is 34.1. The van der Waals surface area contributed by atoms with Crippen molar-refractivity contribution >= 4 is 18.2 Å². The SMILES string of the molecule is CCC[C@H]1CC[C@H](c2ccc(OC(=O)c3ccc(OCCCCCCOC(=O)CCC=O)cc3)cc2)CC1. The summed E-state index contributed by atoms with van der Waals surface area (Å²) in [6.07, 6.45) is 12.4. The molecule has 0 heterocycles. The Morgan fingerprint density at radius 3 is 2.16 bits per heavy atom. The molecule has 0 N–H and O–H groups in total. The maximum absolute atomic E-state index is 12.6. The Hall–Kier alpha value is -3.15. The standard InChI is InChI=1S/C32H42O6/c1-2-8-25-10-12-26(13-11-25)27-14-20-30(21-15-27)38-32(35)28-16-18-29(19-17-28)36-23-5-3-4-6-24-37-31(34)9-7-22-33/h14-22,25-26H,2-13,23-24H2,1H3/t25-,26-. The van der Waals surface area contributed by atoms with Crippen LogP contribution in [0.1, 0.15) is 106 Å². The van der Waals surface area contributed by atoms with Crippen molar-refractivity contribution in [1.82, 2.24) is 0 Å². The van der Waals surface area contributed by atoms with Crippen LogP contribution >= 0.6 is 0 Å². The number of esters is 2. The van der Waals surface area contributed by atoms with Gasteiger partial charge in [-0.1, -0.05) is 31.9 Å². The van der Waals surface area contributed by atoms with Crippen molar-refractivity contribution in [2.45, 2.75) is 89.9 Å². The van der Waals surface area contributed by atoms with E-state index in [9.17, 15) is 14.4 Å². The molecule has 0 unspecified atom stereocenters. The number of hydrogen-bond acceptors (Lipinski definition) is 6. The molecule has 2 aromatic rings. The highest BCUT2D eigenvalue weighted by Gasteiger charge is 2.22. The molecule has 0 aromatic heterocycles. The van der Waals surface area contributed by atoms with E-state index in [0.717, 1.165) is 37.9 Å². The summed E-state index contributed by atoms with van der Waals surface area (Å²) < 4.78 is 16.4. The van der Waals surface area contributed by atoms with Crippen LogP contribution in [0.25, 0.3) is 0 Å². The maximum Gasteiger partial charge on any atom is 0.343 e. The van der Waals surface area contributed by atoms with Crippen molar-refractivity contribution in [2.24, 2.45) is 5.92 Å². The van der Waals surface area contributed by atoms with Gasteiger partial charge in [-0.05, 0) is 105 Å². The van der Waals surface area contributed by atoms with Gasteiger partial charge >= 0.3 is 11.9 Å². The van der Waals surface area contributed by atoms with E-state index in [0.29, 0.717) is 36.2 Å². The monoisotopic (exact) mass is 522 g/mol. The number of carbonyl (C=O) groups excluding carboxylic acids is 3. The Morgan fingerprint density at radius 1 is 0.842 bits per heavy atom. The highest BCUT2D eigenvalue weighted by Crippen LogP contribution is 2.37. The minimum atomic E-state index is -0.378. The zero-order valence-electron chi connectivity index (χ0n) is 22.7.